The molecule has 1 fully saturated rings. The Morgan fingerprint density at radius 3 is 2.49 bits per heavy atom. The number of nitrogens with zero attached hydrogens (tertiary/aromatic N) is 1. The predicted octanol–water partition coefficient (Wildman–Crippen LogP) is 5.47. The molecule has 3 aromatic carbocycles. The second kappa shape index (κ2) is 11.0. The molecule has 1 aliphatic heterocycles. The van der Waals surface area contributed by atoms with E-state index in [1.165, 1.54) is 60.7 Å². The summed E-state index contributed by atoms with van der Waals surface area (Å²) in [6.45, 7) is -0.514. The molecule has 0 unspecified atom stereocenters. The third-order valence-corrected chi connectivity index (χ3v) is 6.02. The van der Waals surface area contributed by atoms with Crippen LogP contribution in [0.15, 0.2) is 66.2 Å². The summed E-state index contributed by atoms with van der Waals surface area (Å²) in [6.07, 6.45) is 1.17. The van der Waals surface area contributed by atoms with Gasteiger partial charge in [0.05, 0.1) is 21.4 Å². The lowest BCUT2D eigenvalue weighted by Crippen LogP contribution is -2.54. The number of benzene rings is 3. The Labute approximate surface area is 224 Å². The van der Waals surface area contributed by atoms with Crippen LogP contribution in [0.3, 0.4) is 0 Å². The summed E-state index contributed by atoms with van der Waals surface area (Å²) in [6, 6.07) is 13.0. The van der Waals surface area contributed by atoms with Gasteiger partial charge in [-0.05, 0) is 54.6 Å². The van der Waals surface area contributed by atoms with Crippen LogP contribution in [0.5, 0.6) is 5.75 Å². The summed E-state index contributed by atoms with van der Waals surface area (Å²) in [5.41, 5.74) is -0.171. The molecule has 188 valence electrons. The van der Waals surface area contributed by atoms with Crippen LogP contribution in [0.1, 0.15) is 5.56 Å². The number of para-hydroxylation sites is 1. The number of halogens is 4. The van der Waals surface area contributed by atoms with Gasteiger partial charge < -0.3 is 10.1 Å². The number of carbonyl (C=O) groups excluding carboxylic acids is 4. The minimum Gasteiger partial charge on any atom is -0.483 e. The molecule has 1 aliphatic rings. The van der Waals surface area contributed by atoms with Crippen LogP contribution in [0.4, 0.5) is 20.6 Å². The number of hydrogen-bond donors (Lipinski definition) is 2. The monoisotopic (exact) mass is 561 g/mol. The number of nitrogens with one attached hydrogen (secondary N) is 2. The van der Waals surface area contributed by atoms with E-state index in [2.05, 4.69) is 10.6 Å². The first-order valence-corrected chi connectivity index (χ1v) is 11.6. The zero-order valence-electron chi connectivity index (χ0n) is 18.6. The molecule has 0 atom stereocenters. The Morgan fingerprint density at radius 1 is 1.00 bits per heavy atom. The number of rotatable bonds is 6. The number of carbonyl (C=O) groups is 4. The molecule has 0 spiro atoms. The molecule has 1 saturated heterocycles. The van der Waals surface area contributed by atoms with E-state index in [9.17, 15) is 23.6 Å². The van der Waals surface area contributed by atoms with E-state index >= 15 is 0 Å². The van der Waals surface area contributed by atoms with Gasteiger partial charge in [0.25, 0.3) is 17.7 Å². The van der Waals surface area contributed by atoms with Crippen molar-refractivity contribution in [3.63, 3.8) is 0 Å². The number of ether oxygens (including phenoxy) is 1. The van der Waals surface area contributed by atoms with Crippen LogP contribution in [0.25, 0.3) is 6.08 Å². The van der Waals surface area contributed by atoms with Crippen LogP contribution in [-0.2, 0) is 14.4 Å². The van der Waals surface area contributed by atoms with Crippen LogP contribution in [-0.4, -0.2) is 30.4 Å². The SMILES string of the molecule is O=C(COc1ccc(Cl)cc1/C=C1/C(=O)NC(=O)N(c2ccc(Cl)c(Cl)c2)C1=O)Nc1ccccc1F. The van der Waals surface area contributed by atoms with E-state index in [4.69, 9.17) is 39.5 Å². The second-order valence-electron chi connectivity index (χ2n) is 7.56. The average molecular weight is 563 g/mol. The second-order valence-corrected chi connectivity index (χ2v) is 8.81. The van der Waals surface area contributed by atoms with E-state index in [0.29, 0.717) is 0 Å². The maximum Gasteiger partial charge on any atom is 0.335 e. The van der Waals surface area contributed by atoms with Gasteiger partial charge in [-0.2, -0.15) is 0 Å². The van der Waals surface area contributed by atoms with Crippen molar-refractivity contribution >= 4 is 76.0 Å². The van der Waals surface area contributed by atoms with Crippen molar-refractivity contribution in [3.8, 4) is 5.75 Å². The van der Waals surface area contributed by atoms with Crippen LogP contribution in [0, 0.1) is 5.82 Å². The minimum absolute atomic E-state index is 0.0221. The average Bonchev–Trinajstić information content (AvgIpc) is 2.84. The lowest BCUT2D eigenvalue weighted by Gasteiger charge is -2.26. The number of barbiturate groups is 1. The molecule has 1 heterocycles. The molecule has 5 amide bonds. The lowest BCUT2D eigenvalue weighted by molar-refractivity contribution is -0.122. The summed E-state index contributed by atoms with van der Waals surface area (Å²) in [7, 11) is 0. The number of hydrogen-bond acceptors (Lipinski definition) is 5. The molecule has 4 rings (SSSR count). The van der Waals surface area contributed by atoms with Crippen molar-refractivity contribution in [3.05, 3.63) is 92.7 Å². The van der Waals surface area contributed by atoms with Gasteiger partial charge in [-0.1, -0.05) is 46.9 Å². The Bertz CT molecular complexity index is 1480. The maximum absolute atomic E-state index is 13.8. The van der Waals surface area contributed by atoms with Crippen LogP contribution < -0.4 is 20.3 Å². The minimum atomic E-state index is -0.974. The molecule has 3 aromatic rings. The molecular formula is C25H15Cl3FN3O5. The molecule has 0 radical (unpaired) electrons. The molecular weight excluding hydrogens is 548 g/mol. The largest absolute Gasteiger partial charge is 0.483 e. The molecule has 0 aliphatic carbocycles. The summed E-state index contributed by atoms with van der Waals surface area (Å²) in [5.74, 6) is -3.05. The molecule has 0 bridgehead atoms. The standard InChI is InChI=1S/C25H15Cl3FN3O5/c26-14-5-8-21(37-12-22(33)30-20-4-2-1-3-19(20)29)13(9-14)10-16-23(34)31-25(36)32(24(16)35)15-6-7-17(27)18(28)11-15/h1-11H,12H2,(H,30,33)(H,31,34,36)/b16-10-. The molecule has 8 nitrogen and oxygen atoms in total. The highest BCUT2D eigenvalue weighted by Gasteiger charge is 2.37. The summed E-state index contributed by atoms with van der Waals surface area (Å²) >= 11 is 18.0. The van der Waals surface area contributed by atoms with E-state index < -0.39 is 41.7 Å². The summed E-state index contributed by atoms with van der Waals surface area (Å²) in [4.78, 5) is 51.1. The van der Waals surface area contributed by atoms with Gasteiger partial charge in [0.15, 0.2) is 6.61 Å². The Balaban J connectivity index is 1.60. The van der Waals surface area contributed by atoms with Gasteiger partial charge in [0.2, 0.25) is 0 Å². The van der Waals surface area contributed by atoms with Gasteiger partial charge in [0, 0.05) is 10.6 Å². The molecule has 0 aromatic heterocycles. The first-order chi connectivity index (χ1) is 17.6. The summed E-state index contributed by atoms with van der Waals surface area (Å²) in [5, 5.41) is 5.03. The predicted molar refractivity (Wildman–Crippen MR) is 137 cm³/mol. The van der Waals surface area contributed by atoms with E-state index in [1.807, 2.05) is 0 Å². The zero-order chi connectivity index (χ0) is 26.7. The normalized spacial score (nSPS) is 14.5. The van der Waals surface area contributed by atoms with Gasteiger partial charge in [0.1, 0.15) is 17.1 Å². The number of urea groups is 1. The van der Waals surface area contributed by atoms with E-state index in [-0.39, 0.29) is 37.8 Å². The number of anilines is 2. The van der Waals surface area contributed by atoms with Crippen molar-refractivity contribution in [2.24, 2.45) is 0 Å². The third kappa shape index (κ3) is 5.91. The maximum atomic E-state index is 13.8. The fraction of sp³-hybridized carbons (Fsp3) is 0.0400. The Morgan fingerprint density at radius 2 is 1.76 bits per heavy atom. The number of imide groups is 2. The van der Waals surface area contributed by atoms with Crippen molar-refractivity contribution < 1.29 is 28.3 Å². The van der Waals surface area contributed by atoms with Crippen molar-refractivity contribution in [2.45, 2.75) is 0 Å². The topological polar surface area (TPSA) is 105 Å². The molecule has 0 saturated carbocycles. The van der Waals surface area contributed by atoms with Crippen LogP contribution in [0.2, 0.25) is 15.1 Å². The fourth-order valence-electron chi connectivity index (χ4n) is 3.33. The van der Waals surface area contributed by atoms with Crippen LogP contribution >= 0.6 is 34.8 Å². The van der Waals surface area contributed by atoms with Gasteiger partial charge in [-0.15, -0.1) is 0 Å². The summed E-state index contributed by atoms with van der Waals surface area (Å²) < 4.78 is 19.3. The van der Waals surface area contributed by atoms with Crippen molar-refractivity contribution in [1.82, 2.24) is 5.32 Å². The van der Waals surface area contributed by atoms with E-state index in [0.717, 1.165) is 4.90 Å². The molecule has 12 heteroatoms. The highest BCUT2D eigenvalue weighted by Crippen LogP contribution is 2.31. The quantitative estimate of drug-likeness (QED) is 0.306. The lowest BCUT2D eigenvalue weighted by atomic mass is 10.1. The van der Waals surface area contributed by atoms with Crippen molar-refractivity contribution in [1.29, 1.82) is 0 Å². The number of amides is 5. The zero-order valence-corrected chi connectivity index (χ0v) is 20.8. The first-order valence-electron chi connectivity index (χ1n) is 10.5. The van der Waals surface area contributed by atoms with Gasteiger partial charge >= 0.3 is 6.03 Å². The Kier molecular flexibility index (Phi) is 7.77. The fourth-order valence-corrected chi connectivity index (χ4v) is 3.80. The van der Waals surface area contributed by atoms with E-state index in [1.54, 1.807) is 6.07 Å². The van der Waals surface area contributed by atoms with Gasteiger partial charge in [-0.3, -0.25) is 19.7 Å². The smallest absolute Gasteiger partial charge is 0.335 e. The van der Waals surface area contributed by atoms with Crippen molar-refractivity contribution in [2.75, 3.05) is 16.8 Å². The highest BCUT2D eigenvalue weighted by molar-refractivity contribution is 6.43. The molecule has 2 N–H and O–H groups in total. The highest BCUT2D eigenvalue weighted by atomic mass is 35.5. The first kappa shape index (κ1) is 26.2. The molecule has 37 heavy (non-hydrogen) atoms. The van der Waals surface area contributed by atoms with Gasteiger partial charge in [-0.25, -0.2) is 14.1 Å². The third-order valence-electron chi connectivity index (χ3n) is 5.04. The Hall–Kier alpha value is -3.92.